The smallest absolute Gasteiger partial charge is 0.145 e. The number of halogens is 2. The Labute approximate surface area is 192 Å². The summed E-state index contributed by atoms with van der Waals surface area (Å²) in [7, 11) is -7.51. The van der Waals surface area contributed by atoms with Crippen LogP contribution in [0.25, 0.3) is 0 Å². The molecule has 0 spiro atoms. The Balaban J connectivity index is 2.22. The Morgan fingerprint density at radius 3 is 1.48 bits per heavy atom. The zero-order valence-electron chi connectivity index (χ0n) is 16.2. The predicted molar refractivity (Wildman–Crippen MR) is 129 cm³/mol. The summed E-state index contributed by atoms with van der Waals surface area (Å²) in [5.41, 5.74) is 0. The normalized spacial score (nSPS) is 12.0. The molecule has 4 aromatic rings. The summed E-state index contributed by atoms with van der Waals surface area (Å²) in [6.07, 6.45) is 0. The van der Waals surface area contributed by atoms with Gasteiger partial charge in [-0.25, -0.2) is 8.42 Å². The average molecular weight is 487 g/mol. The standard InChI is InChI=1S/C24H17Cl2O3PS/c25-18-10-14-21(15-11-18)30(20-6-2-1-3-7-20,22-16-12-19(26)13-17-22)23-8-4-5-9-24(23)31(27,28)29/h1-17H. The van der Waals surface area contributed by atoms with Crippen molar-refractivity contribution < 1.29 is 13.0 Å². The van der Waals surface area contributed by atoms with E-state index in [4.69, 9.17) is 23.2 Å². The molecule has 0 radical (unpaired) electrons. The molecule has 0 aromatic heterocycles. The van der Waals surface area contributed by atoms with E-state index in [0.717, 1.165) is 15.9 Å². The highest BCUT2D eigenvalue weighted by molar-refractivity contribution is 8.02. The van der Waals surface area contributed by atoms with Gasteiger partial charge in [-0.1, -0.05) is 53.5 Å². The van der Waals surface area contributed by atoms with Gasteiger partial charge in [0, 0.05) is 10.0 Å². The van der Waals surface area contributed by atoms with Gasteiger partial charge in [-0.05, 0) is 72.8 Å². The average Bonchev–Trinajstić information content (AvgIpc) is 2.77. The highest BCUT2D eigenvalue weighted by Gasteiger charge is 2.50. The molecule has 3 nitrogen and oxygen atoms in total. The van der Waals surface area contributed by atoms with E-state index in [0.29, 0.717) is 15.3 Å². The van der Waals surface area contributed by atoms with Crippen LogP contribution in [0.15, 0.2) is 108 Å². The fraction of sp³-hybridized carbons (Fsp3) is 0. The second-order valence-corrected chi connectivity index (χ2v) is 12.5. The summed E-state index contributed by atoms with van der Waals surface area (Å²) in [5, 5.41) is 4.27. The van der Waals surface area contributed by atoms with Crippen LogP contribution in [0.5, 0.6) is 0 Å². The third kappa shape index (κ3) is 4.15. The molecule has 0 amide bonds. The summed E-state index contributed by atoms with van der Waals surface area (Å²) in [5.74, 6) is 0. The lowest BCUT2D eigenvalue weighted by molar-refractivity contribution is 0.463. The molecule has 0 N–H and O–H groups in total. The third-order valence-corrected chi connectivity index (χ3v) is 10.9. The minimum atomic E-state index is -4.73. The molecule has 0 saturated carbocycles. The molecular formula is C24H17Cl2O3PS. The van der Waals surface area contributed by atoms with Gasteiger partial charge < -0.3 is 4.55 Å². The number of rotatable bonds is 5. The summed E-state index contributed by atoms with van der Waals surface area (Å²) < 4.78 is 37.0. The van der Waals surface area contributed by atoms with E-state index in [1.165, 1.54) is 6.07 Å². The summed E-state index contributed by atoms with van der Waals surface area (Å²) >= 11 is 12.3. The molecule has 7 heteroatoms. The van der Waals surface area contributed by atoms with E-state index in [1.54, 1.807) is 42.5 Å². The first-order valence-electron chi connectivity index (χ1n) is 9.36. The first-order valence-corrected chi connectivity index (χ1v) is 13.3. The van der Waals surface area contributed by atoms with E-state index in [1.807, 2.05) is 54.6 Å². The Morgan fingerprint density at radius 2 is 1.00 bits per heavy atom. The molecule has 31 heavy (non-hydrogen) atoms. The summed E-state index contributed by atoms with van der Waals surface area (Å²) in [6, 6.07) is 30.8. The monoisotopic (exact) mass is 486 g/mol. The van der Waals surface area contributed by atoms with E-state index in [-0.39, 0.29) is 4.90 Å². The van der Waals surface area contributed by atoms with E-state index < -0.39 is 17.4 Å². The van der Waals surface area contributed by atoms with Crippen molar-refractivity contribution in [1.82, 2.24) is 0 Å². The quantitative estimate of drug-likeness (QED) is 0.308. The molecule has 4 aromatic carbocycles. The van der Waals surface area contributed by atoms with Crippen molar-refractivity contribution in [2.75, 3.05) is 0 Å². The van der Waals surface area contributed by atoms with Crippen LogP contribution in [-0.2, 0) is 10.1 Å². The van der Waals surface area contributed by atoms with Crippen LogP contribution >= 0.6 is 30.5 Å². The van der Waals surface area contributed by atoms with Crippen molar-refractivity contribution in [3.63, 3.8) is 0 Å². The molecular weight excluding hydrogens is 470 g/mol. The highest BCUT2D eigenvalue weighted by atomic mass is 35.5. The lowest BCUT2D eigenvalue weighted by atomic mass is 10.3. The molecule has 0 unspecified atom stereocenters. The van der Waals surface area contributed by atoms with Gasteiger partial charge in [0.1, 0.15) is 38.6 Å². The van der Waals surface area contributed by atoms with Gasteiger partial charge in [0.2, 0.25) is 0 Å². The van der Waals surface area contributed by atoms with Gasteiger partial charge in [-0.2, -0.15) is 0 Å². The van der Waals surface area contributed by atoms with Crippen molar-refractivity contribution in [3.8, 4) is 0 Å². The molecule has 0 fully saturated rings. The predicted octanol–water partition coefficient (Wildman–Crippen LogP) is 4.52. The molecule has 0 aliphatic carbocycles. The van der Waals surface area contributed by atoms with Crippen molar-refractivity contribution in [3.05, 3.63) is 113 Å². The van der Waals surface area contributed by atoms with Crippen LogP contribution in [0.4, 0.5) is 0 Å². The fourth-order valence-electron chi connectivity index (χ4n) is 3.79. The van der Waals surface area contributed by atoms with Gasteiger partial charge >= 0.3 is 0 Å². The van der Waals surface area contributed by atoms with Gasteiger partial charge in [-0.15, -0.1) is 0 Å². The summed E-state index contributed by atoms with van der Waals surface area (Å²) in [4.78, 5) is -0.225. The lowest BCUT2D eigenvalue weighted by Crippen LogP contribution is -2.40. The van der Waals surface area contributed by atoms with Crippen LogP contribution in [-0.4, -0.2) is 13.0 Å². The molecule has 0 aliphatic heterocycles. The molecule has 4 rings (SSSR count). The van der Waals surface area contributed by atoms with Gasteiger partial charge in [0.25, 0.3) is 0 Å². The topological polar surface area (TPSA) is 57.2 Å². The molecule has 0 aliphatic rings. The first kappa shape index (κ1) is 22.0. The van der Waals surface area contributed by atoms with Crippen molar-refractivity contribution >= 4 is 61.8 Å². The van der Waals surface area contributed by atoms with Gasteiger partial charge in [0.15, 0.2) is 0 Å². The van der Waals surface area contributed by atoms with Crippen LogP contribution < -0.4 is 21.2 Å². The maximum absolute atomic E-state index is 12.3. The van der Waals surface area contributed by atoms with Gasteiger partial charge in [0.05, 0.1) is 4.90 Å². The van der Waals surface area contributed by atoms with Crippen LogP contribution in [0, 0.1) is 0 Å². The van der Waals surface area contributed by atoms with Crippen LogP contribution in [0.3, 0.4) is 0 Å². The van der Waals surface area contributed by atoms with E-state index >= 15 is 0 Å². The van der Waals surface area contributed by atoms with E-state index in [2.05, 4.69) is 0 Å². The fourth-order valence-corrected chi connectivity index (χ4v) is 9.61. The number of benzene rings is 4. The van der Waals surface area contributed by atoms with Crippen LogP contribution in [0.2, 0.25) is 10.0 Å². The van der Waals surface area contributed by atoms with Crippen molar-refractivity contribution in [1.29, 1.82) is 0 Å². The van der Waals surface area contributed by atoms with Crippen molar-refractivity contribution in [2.24, 2.45) is 0 Å². The first-order chi connectivity index (χ1) is 14.8. The SMILES string of the molecule is O=S(=O)([O-])c1ccccc1[P+](c1ccccc1)(c1ccc(Cl)cc1)c1ccc(Cl)cc1. The van der Waals surface area contributed by atoms with E-state index in [9.17, 15) is 13.0 Å². The Kier molecular flexibility index (Phi) is 6.20. The Hall–Kier alpha value is -2.20. The molecule has 0 atom stereocenters. The zero-order chi connectivity index (χ0) is 22.1. The van der Waals surface area contributed by atoms with Crippen LogP contribution in [0.1, 0.15) is 0 Å². The second-order valence-electron chi connectivity index (χ2n) is 6.88. The molecule has 0 heterocycles. The summed E-state index contributed by atoms with van der Waals surface area (Å²) in [6.45, 7) is 0. The maximum Gasteiger partial charge on any atom is 0.145 e. The minimum absolute atomic E-state index is 0.225. The molecule has 156 valence electrons. The molecule has 0 bridgehead atoms. The minimum Gasteiger partial charge on any atom is -0.744 e. The Morgan fingerprint density at radius 1 is 0.581 bits per heavy atom. The zero-order valence-corrected chi connectivity index (χ0v) is 19.4. The lowest BCUT2D eigenvalue weighted by Gasteiger charge is -2.29. The van der Waals surface area contributed by atoms with Crippen molar-refractivity contribution in [2.45, 2.75) is 4.90 Å². The third-order valence-electron chi connectivity index (χ3n) is 5.07. The van der Waals surface area contributed by atoms with Gasteiger partial charge in [-0.3, -0.25) is 0 Å². The molecule has 0 saturated heterocycles. The highest BCUT2D eigenvalue weighted by Crippen LogP contribution is 2.55. The number of hydrogen-bond acceptors (Lipinski definition) is 3. The largest absolute Gasteiger partial charge is 0.744 e. The maximum atomic E-state index is 12.3. The second kappa shape index (κ2) is 8.74. The Bertz CT molecular complexity index is 1260. The number of hydrogen-bond donors (Lipinski definition) is 0.